The van der Waals surface area contributed by atoms with E-state index in [1.54, 1.807) is 0 Å². The molecule has 0 amide bonds. The van der Waals surface area contributed by atoms with Gasteiger partial charge in [0, 0.05) is 41.3 Å². The molecule has 1 aromatic rings. The summed E-state index contributed by atoms with van der Waals surface area (Å²) in [6, 6.07) is 10.4. The summed E-state index contributed by atoms with van der Waals surface area (Å²) in [7, 11) is 0. The van der Waals surface area contributed by atoms with Crippen LogP contribution in [0.5, 0.6) is 0 Å². The van der Waals surface area contributed by atoms with Crippen LogP contribution in [0, 0.1) is 5.92 Å². The molecule has 1 fully saturated rings. The van der Waals surface area contributed by atoms with E-state index < -0.39 is 11.1 Å². The maximum Gasteiger partial charge on any atom is 0.326 e. The van der Waals surface area contributed by atoms with Gasteiger partial charge in [-0.05, 0) is 243 Å². The van der Waals surface area contributed by atoms with Gasteiger partial charge in [0.15, 0.2) is 0 Å². The minimum Gasteiger partial charge on any atom is -0.465 e. The average molecular weight is 1440 g/mol. The molecule has 0 bridgehead atoms. The van der Waals surface area contributed by atoms with E-state index in [1.165, 1.54) is 12.8 Å². The Morgan fingerprint density at radius 2 is 0.772 bits per heavy atom. The fourth-order valence-electron chi connectivity index (χ4n) is 9.86. The second-order valence-electron chi connectivity index (χ2n) is 32.5. The summed E-state index contributed by atoms with van der Waals surface area (Å²) < 4.78 is 36.2. The summed E-state index contributed by atoms with van der Waals surface area (Å²) in [6.07, 6.45) is 8.42. The third kappa shape index (κ3) is 63.4. The summed E-state index contributed by atoms with van der Waals surface area (Å²) in [4.78, 5) is 81.5. The standard InChI is InChI=1S/C15H23NO2.C12H23NO2.2C12H25NO2.2C10H21NO2.C9H19NO2/c1-11(2)16-14(15(17)18-12(3)4)10-13-8-6-5-7-9-13;1-9(13-12(2,3)4)11(14)15-10-7-5-6-8-10;1-8(2)7-11(13-9(3)4)12(14)15-10(5)6;1-7-8-10(13-12(4,5)6)11(14)15-9(2)3;1-7(2)11-10(5,6)9(12)13-8(3)4;1-6-9(11-7(2)3)10(12)13-8(4)5;1-6-12-8(11)9(4,5)10-7(2)3/h5-9,11-12,14,16H,10H2,1-4H3;9-10,13H,5-8H2,1-4H3;8-11,13H,7H2,1-6H3;9-10,13H,7-8H2,1-6H3;7-8,11H,1-6H3;7-9,11H,6H2,1-5H3;7,10H,6H2,1-5H3/t14-;9-;11-;10-;;9-;/m0000.0./s1. The topological polar surface area (TPSA) is 268 Å². The minimum absolute atomic E-state index is 0.0319. The highest BCUT2D eigenvalue weighted by Crippen LogP contribution is 2.22. The highest BCUT2D eigenvalue weighted by atomic mass is 16.6. The molecular weight excluding hydrogens is 1280 g/mol. The Bertz CT molecular complexity index is 2290. The lowest BCUT2D eigenvalue weighted by Crippen LogP contribution is -2.51. The van der Waals surface area contributed by atoms with Crippen molar-refractivity contribution in [2.45, 2.75) is 426 Å². The zero-order valence-corrected chi connectivity index (χ0v) is 71.0. The van der Waals surface area contributed by atoms with Gasteiger partial charge < -0.3 is 59.7 Å². The Hall–Kier alpha value is -4.77. The van der Waals surface area contributed by atoms with E-state index >= 15 is 0 Å². The van der Waals surface area contributed by atoms with Crippen LogP contribution in [0.25, 0.3) is 0 Å². The van der Waals surface area contributed by atoms with Crippen LogP contribution < -0.4 is 37.2 Å². The predicted octanol–water partition coefficient (Wildman–Crippen LogP) is 14.4. The second kappa shape index (κ2) is 55.7. The number of carbonyl (C=O) groups is 7. The maximum atomic E-state index is 12.0. The zero-order chi connectivity index (χ0) is 79.9. The first-order chi connectivity index (χ1) is 46.1. The first kappa shape index (κ1) is 105. The van der Waals surface area contributed by atoms with Gasteiger partial charge in [0.05, 0.1) is 37.1 Å². The van der Waals surface area contributed by atoms with E-state index in [4.69, 9.17) is 33.2 Å². The number of nitrogens with one attached hydrogen (secondary N) is 7. The molecule has 0 saturated heterocycles. The molecule has 1 saturated carbocycles. The summed E-state index contributed by atoms with van der Waals surface area (Å²) in [5.74, 6) is -0.615. The highest BCUT2D eigenvalue weighted by molar-refractivity contribution is 5.81. The second-order valence-corrected chi connectivity index (χ2v) is 32.5. The van der Waals surface area contributed by atoms with Crippen molar-refractivity contribution in [3.8, 4) is 0 Å². The van der Waals surface area contributed by atoms with Crippen LogP contribution in [0.1, 0.15) is 306 Å². The van der Waals surface area contributed by atoms with Crippen LogP contribution in [0.3, 0.4) is 0 Å². The van der Waals surface area contributed by atoms with Gasteiger partial charge in [-0.1, -0.05) is 106 Å². The van der Waals surface area contributed by atoms with Crippen molar-refractivity contribution in [1.82, 2.24) is 37.2 Å². The van der Waals surface area contributed by atoms with Gasteiger partial charge in [0.25, 0.3) is 0 Å². The van der Waals surface area contributed by atoms with Crippen LogP contribution >= 0.6 is 0 Å². The van der Waals surface area contributed by atoms with Crippen LogP contribution in [-0.4, -0.2) is 168 Å². The van der Waals surface area contributed by atoms with Crippen molar-refractivity contribution in [2.75, 3.05) is 6.61 Å². The SMILES string of the molecule is CC(C)C[C@H](NC(C)C)C(=O)OC(C)C.CC(C)NC(C)(C)C(=O)OC(C)C.CC(C)N[C@@H](Cc1ccccc1)C(=O)OC(C)C.CCC[C@H](NC(C)(C)C)C(=O)OC(C)C.CCOC(=O)C(C)(C)NC(C)C.CC[C@H](NC(C)C)C(=O)OC(C)C.C[C@H](NC(C)(C)C)C(=O)OC1CCCC1. The zero-order valence-electron chi connectivity index (χ0n) is 71.0. The summed E-state index contributed by atoms with van der Waals surface area (Å²) in [5.41, 5.74) is -0.150. The normalized spacial score (nSPS) is 14.1. The lowest BCUT2D eigenvalue weighted by molar-refractivity contribution is -0.154. The largest absolute Gasteiger partial charge is 0.465 e. The number of ether oxygens (including phenoxy) is 7. The lowest BCUT2D eigenvalue weighted by atomic mass is 10.0. The molecule has 0 spiro atoms. The molecule has 1 aliphatic carbocycles. The van der Waals surface area contributed by atoms with Gasteiger partial charge in [0.1, 0.15) is 47.4 Å². The molecule has 596 valence electrons. The molecule has 0 heterocycles. The molecule has 2 rings (SSSR count). The smallest absolute Gasteiger partial charge is 0.326 e. The lowest BCUT2D eigenvalue weighted by Gasteiger charge is -2.27. The van der Waals surface area contributed by atoms with Crippen LogP contribution in [0.2, 0.25) is 0 Å². The molecule has 101 heavy (non-hydrogen) atoms. The molecule has 0 aromatic heterocycles. The van der Waals surface area contributed by atoms with Crippen molar-refractivity contribution in [1.29, 1.82) is 0 Å². The van der Waals surface area contributed by atoms with Gasteiger partial charge in [-0.3, -0.25) is 44.2 Å². The van der Waals surface area contributed by atoms with Crippen molar-refractivity contribution < 1.29 is 66.7 Å². The maximum absolute atomic E-state index is 12.0. The van der Waals surface area contributed by atoms with E-state index in [-0.39, 0.29) is 138 Å². The van der Waals surface area contributed by atoms with Crippen molar-refractivity contribution >= 4 is 41.8 Å². The molecule has 5 atom stereocenters. The van der Waals surface area contributed by atoms with Gasteiger partial charge in [-0.2, -0.15) is 0 Å². The quantitative estimate of drug-likeness (QED) is 0.0255. The fourth-order valence-corrected chi connectivity index (χ4v) is 9.86. The Kier molecular flexibility index (Phi) is 57.8. The Labute approximate surface area is 617 Å². The molecule has 1 aliphatic rings. The monoisotopic (exact) mass is 1440 g/mol. The first-order valence-corrected chi connectivity index (χ1v) is 37.9. The fraction of sp³-hybridized carbons (Fsp3) is 0.838. The summed E-state index contributed by atoms with van der Waals surface area (Å²) in [5, 5.41) is 22.4. The third-order valence-electron chi connectivity index (χ3n) is 13.3. The molecule has 0 unspecified atom stereocenters. The molecule has 0 radical (unpaired) electrons. The number of hydrogen-bond acceptors (Lipinski definition) is 21. The van der Waals surface area contributed by atoms with Gasteiger partial charge in [0.2, 0.25) is 0 Å². The number of esters is 7. The Morgan fingerprint density at radius 1 is 0.416 bits per heavy atom. The average Bonchev–Trinajstić information content (AvgIpc) is 1.32. The van der Waals surface area contributed by atoms with E-state index in [0.29, 0.717) is 31.0 Å². The Balaban J connectivity index is -0.000000356. The van der Waals surface area contributed by atoms with Crippen molar-refractivity contribution in [3.63, 3.8) is 0 Å². The highest BCUT2D eigenvalue weighted by Gasteiger charge is 2.32. The number of rotatable bonds is 33. The van der Waals surface area contributed by atoms with Crippen LogP contribution in [-0.2, 0) is 73.1 Å². The molecule has 0 aliphatic heterocycles. The Morgan fingerprint density at radius 3 is 1.11 bits per heavy atom. The van der Waals surface area contributed by atoms with E-state index in [0.717, 1.165) is 44.1 Å². The molecular formula is C80H157N7O14. The van der Waals surface area contributed by atoms with Gasteiger partial charge in [-0.25, -0.2) is 0 Å². The molecule has 21 nitrogen and oxygen atoms in total. The number of hydrogen-bond donors (Lipinski definition) is 7. The first-order valence-electron chi connectivity index (χ1n) is 37.9. The van der Waals surface area contributed by atoms with E-state index in [1.807, 2.05) is 238 Å². The van der Waals surface area contributed by atoms with Gasteiger partial charge >= 0.3 is 41.8 Å². The number of benzene rings is 1. The van der Waals surface area contributed by atoms with Crippen molar-refractivity contribution in [2.24, 2.45) is 5.92 Å². The van der Waals surface area contributed by atoms with E-state index in [2.05, 4.69) is 78.8 Å². The molecule has 1 aromatic carbocycles. The third-order valence-corrected chi connectivity index (χ3v) is 13.3. The van der Waals surface area contributed by atoms with Crippen LogP contribution in [0.15, 0.2) is 30.3 Å². The van der Waals surface area contributed by atoms with Crippen LogP contribution in [0.4, 0.5) is 0 Å². The summed E-state index contributed by atoms with van der Waals surface area (Å²) >= 11 is 0. The number of carbonyl (C=O) groups excluding carboxylic acids is 7. The van der Waals surface area contributed by atoms with Gasteiger partial charge in [-0.15, -0.1) is 0 Å². The van der Waals surface area contributed by atoms with Crippen molar-refractivity contribution in [3.05, 3.63) is 35.9 Å². The predicted molar refractivity (Wildman–Crippen MR) is 416 cm³/mol. The minimum atomic E-state index is -0.599. The van der Waals surface area contributed by atoms with E-state index in [9.17, 15) is 33.6 Å². The summed E-state index contributed by atoms with van der Waals surface area (Å²) in [6.45, 7) is 70.8. The molecule has 7 N–H and O–H groups in total. The molecule has 21 heteroatoms.